The fourth-order valence-electron chi connectivity index (χ4n) is 9.85. The predicted octanol–water partition coefficient (Wildman–Crippen LogP) is 13.7. The molecule has 0 aliphatic heterocycles. The second-order valence-electron chi connectivity index (χ2n) is 15.3. The molecule has 0 radical (unpaired) electrons. The number of allylic oxidation sites excluding steroid dienone is 2. The van der Waals surface area contributed by atoms with E-state index in [0.29, 0.717) is 11.8 Å². The van der Waals surface area contributed by atoms with Gasteiger partial charge in [0, 0.05) is 0 Å². The fraction of sp³-hybridized carbons (Fsp3) is 0.600. The van der Waals surface area contributed by atoms with Gasteiger partial charge in [0.2, 0.25) is 0 Å². The van der Waals surface area contributed by atoms with E-state index in [1.54, 1.807) is 22.3 Å². The molecular weight excluding hydrogens is 671 g/mol. The van der Waals surface area contributed by atoms with Crippen LogP contribution in [0.2, 0.25) is 13.1 Å². The molecule has 4 aliphatic carbocycles. The molecule has 0 nitrogen and oxygen atoms in total. The standard InChI is InChI=1S/2C19H25.C2H7Si.2ClH.Zr/c2*1-2-3-8-15-13-17-11-7-12-18(19(17)14-15)16-9-5-4-6-10-16;1-3-2;;;/h2*7,11-14,16H,2-6,8-10H2,1H3;3H,1-2H3;2*1H;/q;;;;;+2/p-2. The first-order chi connectivity index (χ1) is 21.3. The van der Waals surface area contributed by atoms with Crippen LogP contribution in [0.25, 0.3) is 12.2 Å². The molecule has 0 saturated heterocycles. The molecule has 0 heterocycles. The van der Waals surface area contributed by atoms with Crippen molar-refractivity contribution in [2.75, 3.05) is 0 Å². The summed E-state index contributed by atoms with van der Waals surface area (Å²) < 4.78 is 0.492. The molecule has 0 spiro atoms. The Balaban J connectivity index is 1.53. The van der Waals surface area contributed by atoms with Crippen molar-refractivity contribution < 1.29 is 15.6 Å². The number of benzene rings is 2. The quantitative estimate of drug-likeness (QED) is 0.202. The number of hydrogen-bond donors (Lipinski definition) is 0. The number of unbranched alkanes of at least 4 members (excludes halogenated alkanes) is 2. The first kappa shape index (κ1) is 33.5. The summed E-state index contributed by atoms with van der Waals surface area (Å²) >= 11 is -4.69. The summed E-state index contributed by atoms with van der Waals surface area (Å²) in [6.45, 7) is 9.74. The summed E-state index contributed by atoms with van der Waals surface area (Å²) in [6, 6.07) is 14.6. The molecule has 2 saturated carbocycles. The molecule has 2 aromatic carbocycles. The Morgan fingerprint density at radius 1 is 0.614 bits per heavy atom. The molecule has 2 aromatic rings. The molecular formula is C40H57Cl2SiZr. The molecule has 0 aromatic heterocycles. The van der Waals surface area contributed by atoms with E-state index in [-0.39, 0.29) is 7.25 Å². The van der Waals surface area contributed by atoms with Gasteiger partial charge in [-0.2, -0.15) is 0 Å². The monoisotopic (exact) mass is 725 g/mol. The van der Waals surface area contributed by atoms with Crippen LogP contribution in [0.1, 0.15) is 169 Å². The van der Waals surface area contributed by atoms with Gasteiger partial charge in [0.05, 0.1) is 0 Å². The van der Waals surface area contributed by atoms with E-state index in [1.807, 2.05) is 0 Å². The van der Waals surface area contributed by atoms with Gasteiger partial charge in [-0.15, -0.1) is 0 Å². The molecule has 4 aliphatic rings. The fourth-order valence-corrected chi connectivity index (χ4v) is 41.3. The van der Waals surface area contributed by atoms with Crippen molar-refractivity contribution in [3.05, 3.63) is 80.9 Å². The van der Waals surface area contributed by atoms with Crippen LogP contribution in [0, 0.1) is 0 Å². The van der Waals surface area contributed by atoms with Crippen LogP contribution in [-0.4, -0.2) is 5.92 Å². The third-order valence-electron chi connectivity index (χ3n) is 12.3. The van der Waals surface area contributed by atoms with Crippen LogP contribution in [0.5, 0.6) is 0 Å². The summed E-state index contributed by atoms with van der Waals surface area (Å²) in [5.41, 5.74) is 12.5. The summed E-state index contributed by atoms with van der Waals surface area (Å²) in [5, 5.41) is 0. The average Bonchev–Trinajstić information content (AvgIpc) is 3.63. The normalized spacial score (nSPS) is 23.7. The zero-order chi connectivity index (χ0) is 30.9. The molecule has 239 valence electrons. The Bertz CT molecular complexity index is 1290. The number of rotatable bonds is 11. The Hall–Kier alpha value is -0.400. The van der Waals surface area contributed by atoms with Crippen LogP contribution in [0.3, 0.4) is 0 Å². The minimum absolute atomic E-state index is 0.246. The number of fused-ring (bicyclic) bond motifs is 2. The molecule has 2 fully saturated rings. The van der Waals surface area contributed by atoms with Gasteiger partial charge < -0.3 is 0 Å². The molecule has 0 amide bonds. The van der Waals surface area contributed by atoms with Crippen molar-refractivity contribution >= 4 is 35.1 Å². The van der Waals surface area contributed by atoms with E-state index in [4.69, 9.17) is 17.0 Å². The van der Waals surface area contributed by atoms with Crippen molar-refractivity contribution in [1.29, 1.82) is 0 Å². The average molecular weight is 728 g/mol. The van der Waals surface area contributed by atoms with Gasteiger partial charge >= 0.3 is 280 Å². The second kappa shape index (κ2) is 14.0. The van der Waals surface area contributed by atoms with Gasteiger partial charge in [0.15, 0.2) is 0 Å². The number of halogens is 2. The predicted molar refractivity (Wildman–Crippen MR) is 196 cm³/mol. The van der Waals surface area contributed by atoms with Gasteiger partial charge in [-0.1, -0.05) is 0 Å². The van der Waals surface area contributed by atoms with E-state index in [9.17, 15) is 0 Å². The molecule has 0 bridgehead atoms. The third kappa shape index (κ3) is 5.92. The molecule has 0 N–H and O–H groups in total. The van der Waals surface area contributed by atoms with Crippen LogP contribution in [0.4, 0.5) is 0 Å². The van der Waals surface area contributed by atoms with Crippen LogP contribution >= 0.6 is 17.0 Å². The van der Waals surface area contributed by atoms with Gasteiger partial charge in [0.25, 0.3) is 0 Å². The zero-order valence-electron chi connectivity index (χ0n) is 28.1. The topological polar surface area (TPSA) is 0 Å². The summed E-state index contributed by atoms with van der Waals surface area (Å²) in [6.07, 6.45) is 26.0. The molecule has 44 heavy (non-hydrogen) atoms. The van der Waals surface area contributed by atoms with Crippen molar-refractivity contribution in [3.63, 3.8) is 0 Å². The van der Waals surface area contributed by atoms with Crippen LogP contribution < -0.4 is 0 Å². The van der Waals surface area contributed by atoms with Gasteiger partial charge in [0.1, 0.15) is 0 Å². The van der Waals surface area contributed by atoms with Crippen LogP contribution in [-0.2, 0) is 15.6 Å². The first-order valence-electron chi connectivity index (χ1n) is 18.5. The van der Waals surface area contributed by atoms with E-state index in [0.717, 1.165) is 12.8 Å². The van der Waals surface area contributed by atoms with E-state index < -0.39 is 21.5 Å². The van der Waals surface area contributed by atoms with Crippen molar-refractivity contribution in [1.82, 2.24) is 0 Å². The summed E-state index contributed by atoms with van der Waals surface area (Å²) in [4.78, 5) is 0. The van der Waals surface area contributed by atoms with Crippen molar-refractivity contribution in [2.24, 2.45) is 0 Å². The maximum atomic E-state index is 8.78. The molecule has 4 heteroatoms. The summed E-state index contributed by atoms with van der Waals surface area (Å²) in [5.74, 6) is -0.147. The van der Waals surface area contributed by atoms with Crippen molar-refractivity contribution in [2.45, 2.75) is 149 Å². The Morgan fingerprint density at radius 3 is 1.36 bits per heavy atom. The van der Waals surface area contributed by atoms with E-state index in [1.165, 1.54) is 112 Å². The molecule has 2 atom stereocenters. The summed E-state index contributed by atoms with van der Waals surface area (Å²) in [7, 11) is 17.6. The van der Waals surface area contributed by atoms with Crippen molar-refractivity contribution in [3.8, 4) is 0 Å². The minimum atomic E-state index is -4.69. The van der Waals surface area contributed by atoms with Gasteiger partial charge in [-0.3, -0.25) is 0 Å². The van der Waals surface area contributed by atoms with E-state index >= 15 is 0 Å². The third-order valence-corrected chi connectivity index (χ3v) is 64.2. The SMILES string of the molecule is CCCCC1=Cc2c(C3CCCCC3)cccc2[CH]1[Zr]([Cl])([Cl])([CH]1C(CCCC)=Cc2c(C3CCCCC3)cccc21)[SiH](C)C. The van der Waals surface area contributed by atoms with Gasteiger partial charge in [-0.05, 0) is 0 Å². The second-order valence-corrected chi connectivity index (χ2v) is 57.8. The number of hydrogen-bond acceptors (Lipinski definition) is 0. The van der Waals surface area contributed by atoms with Crippen LogP contribution in [0.15, 0.2) is 47.5 Å². The first-order valence-corrected chi connectivity index (χ1v) is 34.8. The Labute approximate surface area is 278 Å². The molecule has 2 unspecified atom stereocenters. The Morgan fingerprint density at radius 2 is 1.00 bits per heavy atom. The van der Waals surface area contributed by atoms with E-state index in [2.05, 4.69) is 75.5 Å². The molecule has 6 rings (SSSR count). The van der Waals surface area contributed by atoms with Gasteiger partial charge in [-0.25, -0.2) is 0 Å². The zero-order valence-corrected chi connectivity index (χ0v) is 33.2. The Kier molecular flexibility index (Phi) is 10.6. The maximum absolute atomic E-state index is 8.78.